The van der Waals surface area contributed by atoms with Crippen LogP contribution >= 0.6 is 0 Å². The summed E-state index contributed by atoms with van der Waals surface area (Å²) in [6.45, 7) is 1.79. The zero-order chi connectivity index (χ0) is 17.1. The molecule has 0 aliphatic heterocycles. The van der Waals surface area contributed by atoms with Crippen LogP contribution in [0.4, 0.5) is 0 Å². The molecule has 5 nitrogen and oxygen atoms in total. The Kier molecular flexibility index (Phi) is 4.33. The summed E-state index contributed by atoms with van der Waals surface area (Å²) in [7, 11) is 3.01. The summed E-state index contributed by atoms with van der Waals surface area (Å²) in [6, 6.07) is 11.2. The van der Waals surface area contributed by atoms with Gasteiger partial charge in [-0.05, 0) is 41.7 Å². The fourth-order valence-corrected chi connectivity index (χ4v) is 2.52. The second-order valence-electron chi connectivity index (χ2n) is 5.42. The van der Waals surface area contributed by atoms with Crippen LogP contribution in [0.25, 0.3) is 17.0 Å². The van der Waals surface area contributed by atoms with Crippen molar-refractivity contribution in [3.05, 3.63) is 59.3 Å². The van der Waals surface area contributed by atoms with Crippen molar-refractivity contribution in [1.29, 1.82) is 0 Å². The number of nitrogens with one attached hydrogen (secondary N) is 1. The predicted molar refractivity (Wildman–Crippen MR) is 93.6 cm³/mol. The lowest BCUT2D eigenvalue weighted by Gasteiger charge is -2.07. The summed E-state index contributed by atoms with van der Waals surface area (Å²) in [5.74, 6) is 0.595. The number of ketones is 1. The first-order chi connectivity index (χ1) is 11.6. The number of hydrogen-bond acceptors (Lipinski definition) is 4. The summed E-state index contributed by atoms with van der Waals surface area (Å²) < 4.78 is 10.2. The van der Waals surface area contributed by atoms with Crippen LogP contribution < -0.4 is 9.47 Å². The molecule has 0 bridgehead atoms. The Morgan fingerprint density at radius 3 is 2.46 bits per heavy atom. The summed E-state index contributed by atoms with van der Waals surface area (Å²) in [4.78, 5) is 20.0. The maximum Gasteiger partial charge on any atom is 0.216 e. The Morgan fingerprint density at radius 2 is 1.79 bits per heavy atom. The minimum absolute atomic E-state index is 0.0967. The van der Waals surface area contributed by atoms with E-state index in [-0.39, 0.29) is 5.78 Å². The number of carbonyl (C=O) groups is 1. The van der Waals surface area contributed by atoms with E-state index in [4.69, 9.17) is 9.47 Å². The normalized spacial score (nSPS) is 11.5. The number of nitrogens with zero attached hydrogens (tertiary/aromatic N) is 1. The van der Waals surface area contributed by atoms with E-state index < -0.39 is 0 Å². The van der Waals surface area contributed by atoms with Crippen molar-refractivity contribution in [2.24, 2.45) is 0 Å². The lowest BCUT2D eigenvalue weighted by molar-refractivity contribution is 0.103. The van der Waals surface area contributed by atoms with E-state index in [0.29, 0.717) is 22.9 Å². The van der Waals surface area contributed by atoms with E-state index in [1.165, 1.54) is 14.2 Å². The van der Waals surface area contributed by atoms with E-state index in [9.17, 15) is 4.79 Å². The molecule has 0 spiro atoms. The number of methoxy groups -OCH3 is 2. The van der Waals surface area contributed by atoms with Gasteiger partial charge in [0.15, 0.2) is 5.78 Å². The molecule has 0 aliphatic rings. The van der Waals surface area contributed by atoms with Gasteiger partial charge in [0.25, 0.3) is 0 Å². The largest absolute Gasteiger partial charge is 0.481 e. The van der Waals surface area contributed by atoms with Crippen molar-refractivity contribution in [2.75, 3.05) is 14.2 Å². The smallest absolute Gasteiger partial charge is 0.216 e. The summed E-state index contributed by atoms with van der Waals surface area (Å²) in [5.41, 5.74) is 3.10. The number of Topliss-reactive ketones (excluding diaryl/α,β-unsaturated/α-hetero) is 1. The highest BCUT2D eigenvalue weighted by Crippen LogP contribution is 2.22. The molecule has 1 aromatic carbocycles. The van der Waals surface area contributed by atoms with Crippen LogP contribution in [0, 0.1) is 0 Å². The number of rotatable bonds is 5. The SMILES string of the molecule is COc1cc(C(=O)/C(C)=C/c2ccc3cc[nH]c3c2)cc(OC)n1. The highest BCUT2D eigenvalue weighted by molar-refractivity contribution is 6.11. The summed E-state index contributed by atoms with van der Waals surface area (Å²) >= 11 is 0. The second-order valence-corrected chi connectivity index (χ2v) is 5.42. The van der Waals surface area contributed by atoms with Gasteiger partial charge in [-0.2, -0.15) is 4.98 Å². The molecule has 24 heavy (non-hydrogen) atoms. The third-order valence-corrected chi connectivity index (χ3v) is 3.78. The molecule has 0 amide bonds. The van der Waals surface area contributed by atoms with Gasteiger partial charge in [-0.3, -0.25) is 4.79 Å². The van der Waals surface area contributed by atoms with E-state index in [1.54, 1.807) is 19.1 Å². The minimum atomic E-state index is -0.0967. The molecule has 0 unspecified atom stereocenters. The molecular weight excluding hydrogens is 304 g/mol. The van der Waals surface area contributed by atoms with Crippen LogP contribution in [-0.2, 0) is 0 Å². The van der Waals surface area contributed by atoms with Gasteiger partial charge in [0.05, 0.1) is 14.2 Å². The molecule has 3 rings (SSSR count). The van der Waals surface area contributed by atoms with Crippen LogP contribution in [0.15, 0.2) is 48.2 Å². The van der Waals surface area contributed by atoms with Gasteiger partial charge in [0.1, 0.15) is 0 Å². The number of aromatic nitrogens is 2. The van der Waals surface area contributed by atoms with Gasteiger partial charge in [0, 0.05) is 29.4 Å². The lowest BCUT2D eigenvalue weighted by Crippen LogP contribution is -2.03. The fourth-order valence-electron chi connectivity index (χ4n) is 2.52. The predicted octanol–water partition coefficient (Wildman–Crippen LogP) is 3.87. The zero-order valence-electron chi connectivity index (χ0n) is 13.8. The van der Waals surface area contributed by atoms with Crippen molar-refractivity contribution in [1.82, 2.24) is 9.97 Å². The first-order valence-electron chi connectivity index (χ1n) is 7.51. The molecule has 0 atom stereocenters. The highest BCUT2D eigenvalue weighted by Gasteiger charge is 2.13. The number of carbonyl (C=O) groups excluding carboxylic acids is 1. The van der Waals surface area contributed by atoms with E-state index in [2.05, 4.69) is 9.97 Å². The van der Waals surface area contributed by atoms with Gasteiger partial charge >= 0.3 is 0 Å². The van der Waals surface area contributed by atoms with Crippen LogP contribution in [0.3, 0.4) is 0 Å². The molecule has 2 heterocycles. The third kappa shape index (κ3) is 3.15. The van der Waals surface area contributed by atoms with Crippen molar-refractivity contribution < 1.29 is 14.3 Å². The Bertz CT molecular complexity index is 903. The Morgan fingerprint density at radius 1 is 1.08 bits per heavy atom. The molecule has 3 aromatic rings. The number of benzene rings is 1. The summed E-state index contributed by atoms with van der Waals surface area (Å²) in [5, 5.41) is 1.14. The number of hydrogen-bond donors (Lipinski definition) is 1. The fraction of sp³-hybridized carbons (Fsp3) is 0.158. The number of allylic oxidation sites excluding steroid dienone is 1. The van der Waals surface area contributed by atoms with Crippen molar-refractivity contribution in [3.63, 3.8) is 0 Å². The lowest BCUT2D eigenvalue weighted by atomic mass is 10.0. The van der Waals surface area contributed by atoms with E-state index in [0.717, 1.165) is 16.5 Å². The topological polar surface area (TPSA) is 64.2 Å². The molecule has 0 fully saturated rings. The molecule has 1 N–H and O–H groups in total. The third-order valence-electron chi connectivity index (χ3n) is 3.78. The van der Waals surface area contributed by atoms with Gasteiger partial charge in [-0.25, -0.2) is 0 Å². The first kappa shape index (κ1) is 15.8. The van der Waals surface area contributed by atoms with Crippen molar-refractivity contribution in [3.8, 4) is 11.8 Å². The molecule has 0 aliphatic carbocycles. The van der Waals surface area contributed by atoms with Crippen LogP contribution in [0.5, 0.6) is 11.8 Å². The van der Waals surface area contributed by atoms with E-state index >= 15 is 0 Å². The highest BCUT2D eigenvalue weighted by atomic mass is 16.5. The standard InChI is InChI=1S/C19H18N2O3/c1-12(8-13-4-5-14-6-7-20-16(14)9-13)19(22)15-10-17(23-2)21-18(11-15)24-3/h4-11,20H,1-3H3/b12-8+. The Balaban J connectivity index is 1.93. The molecule has 5 heteroatoms. The number of H-pyrrole nitrogens is 1. The number of ether oxygens (including phenoxy) is 2. The zero-order valence-corrected chi connectivity index (χ0v) is 13.8. The molecule has 2 aromatic heterocycles. The second kappa shape index (κ2) is 6.58. The van der Waals surface area contributed by atoms with Crippen molar-refractivity contribution >= 4 is 22.8 Å². The van der Waals surface area contributed by atoms with Gasteiger partial charge in [0.2, 0.25) is 11.8 Å². The molecule has 122 valence electrons. The van der Waals surface area contributed by atoms with Crippen molar-refractivity contribution in [2.45, 2.75) is 6.92 Å². The molecule has 0 saturated carbocycles. The Labute approximate surface area is 139 Å². The number of fused-ring (bicyclic) bond motifs is 1. The molecular formula is C19H18N2O3. The number of aromatic amines is 1. The average Bonchev–Trinajstić information content (AvgIpc) is 3.08. The number of pyridine rings is 1. The Hall–Kier alpha value is -3.08. The maximum atomic E-state index is 12.7. The van der Waals surface area contributed by atoms with Gasteiger partial charge < -0.3 is 14.5 Å². The average molecular weight is 322 g/mol. The van der Waals surface area contributed by atoms with Gasteiger partial charge in [-0.1, -0.05) is 12.1 Å². The quantitative estimate of drug-likeness (QED) is 0.572. The van der Waals surface area contributed by atoms with Crippen LogP contribution in [0.2, 0.25) is 0 Å². The van der Waals surface area contributed by atoms with Crippen LogP contribution in [0.1, 0.15) is 22.8 Å². The van der Waals surface area contributed by atoms with E-state index in [1.807, 2.05) is 36.5 Å². The summed E-state index contributed by atoms with van der Waals surface area (Å²) in [6.07, 6.45) is 3.76. The monoisotopic (exact) mass is 322 g/mol. The molecule has 0 radical (unpaired) electrons. The maximum absolute atomic E-state index is 12.7. The van der Waals surface area contributed by atoms with Gasteiger partial charge in [-0.15, -0.1) is 0 Å². The molecule has 0 saturated heterocycles. The first-order valence-corrected chi connectivity index (χ1v) is 7.51. The minimum Gasteiger partial charge on any atom is -0.481 e. The van der Waals surface area contributed by atoms with Crippen LogP contribution in [-0.4, -0.2) is 30.0 Å².